The zero-order valence-electron chi connectivity index (χ0n) is 34.8. The van der Waals surface area contributed by atoms with E-state index >= 15 is 0 Å². The molecule has 4 aromatic rings. The third-order valence-corrected chi connectivity index (χ3v) is 9.40. The Hall–Kier alpha value is -5.35. The summed E-state index contributed by atoms with van der Waals surface area (Å²) in [4.78, 5) is 46.6. The van der Waals surface area contributed by atoms with Gasteiger partial charge in [-0.05, 0) is 92.4 Å². The molecule has 60 heavy (non-hydrogen) atoms. The number of amides is 3. The summed E-state index contributed by atoms with van der Waals surface area (Å²) >= 11 is 0. The van der Waals surface area contributed by atoms with Crippen LogP contribution in [0.4, 0.5) is 24.5 Å². The van der Waals surface area contributed by atoms with E-state index < -0.39 is 17.6 Å². The molecule has 0 atom stereocenters. The van der Waals surface area contributed by atoms with Crippen LogP contribution in [-0.4, -0.2) is 108 Å². The third kappa shape index (κ3) is 15.7. The minimum absolute atomic E-state index is 0.0265. The zero-order chi connectivity index (χ0) is 43.3. The number of hydrogen-bond donors (Lipinski definition) is 2. The number of benzene rings is 3. The Balaban J connectivity index is 1.28. The Morgan fingerprint density at radius 1 is 0.700 bits per heavy atom. The van der Waals surface area contributed by atoms with E-state index in [0.29, 0.717) is 93.8 Å². The summed E-state index contributed by atoms with van der Waals surface area (Å²) in [6, 6.07) is 21.0. The van der Waals surface area contributed by atoms with Gasteiger partial charge in [-0.2, -0.15) is 13.2 Å². The summed E-state index contributed by atoms with van der Waals surface area (Å²) in [5, 5.41) is 5.74. The summed E-state index contributed by atoms with van der Waals surface area (Å²) in [5.41, 5.74) is 3.68. The van der Waals surface area contributed by atoms with Crippen molar-refractivity contribution in [2.45, 2.75) is 45.8 Å². The number of rotatable bonds is 25. The SMILES string of the molecule is CCN(CC)c1ccc(NC(=O)c2cccc(CCCOCCOCCOCCOCCC(=O)N(C)C)c2)c(-c2cc(C(=O)NCc3cccc(C(F)(F)F)c3)ccn2)c1. The van der Waals surface area contributed by atoms with Crippen molar-refractivity contribution in [3.63, 3.8) is 0 Å². The first-order valence-electron chi connectivity index (χ1n) is 20.1. The van der Waals surface area contributed by atoms with Gasteiger partial charge in [-0.25, -0.2) is 0 Å². The van der Waals surface area contributed by atoms with Gasteiger partial charge in [-0.15, -0.1) is 0 Å². The monoisotopic (exact) mass is 835 g/mol. The Labute approximate surface area is 350 Å². The molecule has 0 bridgehead atoms. The van der Waals surface area contributed by atoms with Crippen LogP contribution in [0.15, 0.2) is 85.1 Å². The molecule has 324 valence electrons. The molecule has 1 heterocycles. The number of carbonyl (C=O) groups is 3. The summed E-state index contributed by atoms with van der Waals surface area (Å²) in [5.74, 6) is -0.771. The average Bonchev–Trinajstić information content (AvgIpc) is 3.24. The van der Waals surface area contributed by atoms with Gasteiger partial charge in [0.25, 0.3) is 11.8 Å². The van der Waals surface area contributed by atoms with Crippen molar-refractivity contribution < 1.29 is 46.5 Å². The van der Waals surface area contributed by atoms with Crippen LogP contribution >= 0.6 is 0 Å². The summed E-state index contributed by atoms with van der Waals surface area (Å²) in [6.45, 7) is 8.99. The highest BCUT2D eigenvalue weighted by Gasteiger charge is 2.30. The van der Waals surface area contributed by atoms with Gasteiger partial charge < -0.3 is 39.4 Å². The van der Waals surface area contributed by atoms with Crippen LogP contribution in [0.5, 0.6) is 0 Å². The average molecular weight is 836 g/mol. The highest BCUT2D eigenvalue weighted by atomic mass is 19.4. The molecular weight excluding hydrogens is 780 g/mol. The fourth-order valence-corrected chi connectivity index (χ4v) is 6.09. The number of aryl methyl sites for hydroxylation is 1. The first-order valence-corrected chi connectivity index (χ1v) is 20.1. The van der Waals surface area contributed by atoms with Gasteiger partial charge in [-0.1, -0.05) is 24.3 Å². The van der Waals surface area contributed by atoms with Gasteiger partial charge in [0.2, 0.25) is 5.91 Å². The number of hydrogen-bond acceptors (Lipinski definition) is 9. The number of anilines is 2. The maximum atomic E-state index is 13.7. The molecule has 0 radical (unpaired) electrons. The molecule has 3 aromatic carbocycles. The number of halogens is 3. The lowest BCUT2D eigenvalue weighted by Gasteiger charge is -2.23. The van der Waals surface area contributed by atoms with E-state index in [1.54, 1.807) is 26.2 Å². The molecule has 2 N–H and O–H groups in total. The normalized spacial score (nSPS) is 11.3. The van der Waals surface area contributed by atoms with Crippen LogP contribution in [-0.2, 0) is 42.9 Å². The van der Waals surface area contributed by atoms with Crippen molar-refractivity contribution in [2.75, 3.05) is 90.3 Å². The molecule has 0 spiro atoms. The first kappa shape index (κ1) is 47.3. The number of carbonyl (C=O) groups excluding carboxylic acids is 3. The second-order valence-corrected chi connectivity index (χ2v) is 14.0. The fraction of sp³-hybridized carbons (Fsp3) is 0.422. The molecule has 0 saturated carbocycles. The predicted molar refractivity (Wildman–Crippen MR) is 225 cm³/mol. The van der Waals surface area contributed by atoms with Gasteiger partial charge in [-0.3, -0.25) is 19.4 Å². The van der Waals surface area contributed by atoms with Gasteiger partial charge in [0.1, 0.15) is 0 Å². The molecule has 0 saturated heterocycles. The molecule has 15 heteroatoms. The molecule has 4 rings (SSSR count). The lowest BCUT2D eigenvalue weighted by molar-refractivity contribution is -0.137. The van der Waals surface area contributed by atoms with E-state index in [1.807, 2.05) is 50.2 Å². The van der Waals surface area contributed by atoms with Gasteiger partial charge in [0, 0.05) is 68.9 Å². The van der Waals surface area contributed by atoms with Crippen molar-refractivity contribution in [3.05, 3.63) is 113 Å². The van der Waals surface area contributed by atoms with Crippen LogP contribution in [0.1, 0.15) is 64.1 Å². The highest BCUT2D eigenvalue weighted by molar-refractivity contribution is 6.06. The van der Waals surface area contributed by atoms with Crippen LogP contribution in [0.25, 0.3) is 11.3 Å². The first-order chi connectivity index (χ1) is 28.9. The summed E-state index contributed by atoms with van der Waals surface area (Å²) in [6.07, 6.45) is -1.20. The third-order valence-electron chi connectivity index (χ3n) is 9.40. The van der Waals surface area contributed by atoms with E-state index in [1.165, 1.54) is 29.3 Å². The molecule has 0 fully saturated rings. The molecule has 0 aliphatic heterocycles. The van der Waals surface area contributed by atoms with E-state index in [-0.39, 0.29) is 23.9 Å². The molecule has 0 unspecified atom stereocenters. The maximum absolute atomic E-state index is 13.7. The van der Waals surface area contributed by atoms with Crippen molar-refractivity contribution in [1.29, 1.82) is 0 Å². The van der Waals surface area contributed by atoms with Crippen LogP contribution in [0.3, 0.4) is 0 Å². The van der Waals surface area contributed by atoms with Crippen molar-refractivity contribution in [1.82, 2.24) is 15.2 Å². The van der Waals surface area contributed by atoms with Gasteiger partial charge in [0.15, 0.2) is 0 Å². The Morgan fingerprint density at radius 2 is 1.33 bits per heavy atom. The number of nitrogens with one attached hydrogen (secondary N) is 2. The smallest absolute Gasteiger partial charge is 0.379 e. The van der Waals surface area contributed by atoms with E-state index in [0.717, 1.165) is 42.9 Å². The number of aromatic nitrogens is 1. The summed E-state index contributed by atoms with van der Waals surface area (Å²) < 4.78 is 61.8. The number of ether oxygens (including phenoxy) is 4. The van der Waals surface area contributed by atoms with Crippen LogP contribution in [0.2, 0.25) is 0 Å². The molecular formula is C45H56F3N5O7. The predicted octanol–water partition coefficient (Wildman–Crippen LogP) is 7.27. The largest absolute Gasteiger partial charge is 0.416 e. The minimum Gasteiger partial charge on any atom is -0.379 e. The molecule has 0 aliphatic rings. The molecule has 3 amide bonds. The highest BCUT2D eigenvalue weighted by Crippen LogP contribution is 2.33. The lowest BCUT2D eigenvalue weighted by Crippen LogP contribution is -2.23. The van der Waals surface area contributed by atoms with Gasteiger partial charge in [0.05, 0.1) is 69.6 Å². The quantitative estimate of drug-likeness (QED) is 0.0662. The van der Waals surface area contributed by atoms with E-state index in [2.05, 4.69) is 20.5 Å². The van der Waals surface area contributed by atoms with Gasteiger partial charge >= 0.3 is 6.18 Å². The maximum Gasteiger partial charge on any atom is 0.416 e. The second kappa shape index (κ2) is 24.7. The topological polar surface area (TPSA) is 132 Å². The minimum atomic E-state index is -4.49. The Bertz CT molecular complexity index is 1970. The number of nitrogens with zero attached hydrogens (tertiary/aromatic N) is 3. The Kier molecular flexibility index (Phi) is 19.5. The van der Waals surface area contributed by atoms with Crippen molar-refractivity contribution in [2.24, 2.45) is 0 Å². The fourth-order valence-electron chi connectivity index (χ4n) is 6.09. The standard InChI is InChI=1S/C45H56F3N5O7/c1-5-53(6-2)38-15-16-40(39(31-38)41-30-36(17-19-49-41)43(55)50-32-34-11-8-14-37(29-34)45(46,47)48)51-44(56)35-13-7-10-33(28-35)12-9-20-57-22-24-59-26-27-60-25-23-58-21-18-42(54)52(3)4/h7-8,10-11,13-17,19,28-31H,5-6,9,12,18,20-27,32H2,1-4H3,(H,50,55)(H,51,56). The van der Waals surface area contributed by atoms with Crippen LogP contribution < -0.4 is 15.5 Å². The second-order valence-electron chi connectivity index (χ2n) is 14.0. The molecule has 0 aliphatic carbocycles. The molecule has 1 aromatic heterocycles. The van der Waals surface area contributed by atoms with Crippen molar-refractivity contribution >= 4 is 29.1 Å². The van der Waals surface area contributed by atoms with E-state index in [9.17, 15) is 27.6 Å². The summed E-state index contributed by atoms with van der Waals surface area (Å²) in [7, 11) is 3.43. The lowest BCUT2D eigenvalue weighted by atomic mass is 10.0. The molecule has 12 nitrogen and oxygen atoms in total. The van der Waals surface area contributed by atoms with Crippen molar-refractivity contribution in [3.8, 4) is 11.3 Å². The number of alkyl halides is 3. The zero-order valence-corrected chi connectivity index (χ0v) is 34.8. The van der Waals surface area contributed by atoms with E-state index in [4.69, 9.17) is 18.9 Å². The van der Waals surface area contributed by atoms with Crippen LogP contribution in [0, 0.1) is 0 Å². The number of pyridine rings is 1. The Morgan fingerprint density at radius 3 is 2.00 bits per heavy atom.